The standard InChI is InChI=1S/C25H34N4O4S2/c1-24(2)13-19-14-25(3,16-24)17-29(19)21(30)15-34-23-27-26-22(33-23)18-8-7-9-20(12-18)35(31,32)28-10-5-4-6-11-28/h7-9,12,19H,4-6,10-11,13-17H2,1-3H3. The van der Waals surface area contributed by atoms with Gasteiger partial charge in [-0.05, 0) is 61.1 Å². The normalized spacial score (nSPS) is 26.7. The number of thioether (sulfide) groups is 1. The number of sulfonamides is 1. The van der Waals surface area contributed by atoms with Gasteiger partial charge in [0, 0.05) is 31.2 Å². The second kappa shape index (κ2) is 9.19. The van der Waals surface area contributed by atoms with Crippen LogP contribution in [0.5, 0.6) is 0 Å². The van der Waals surface area contributed by atoms with Gasteiger partial charge in [0.25, 0.3) is 5.22 Å². The molecule has 2 atom stereocenters. The van der Waals surface area contributed by atoms with Gasteiger partial charge in [-0.2, -0.15) is 4.31 Å². The van der Waals surface area contributed by atoms with Crippen LogP contribution in [-0.4, -0.2) is 65.2 Å². The SMILES string of the molecule is CC1(C)CC2CC(C)(CN2C(=O)CSc2nnc(-c3cccc(S(=O)(=O)N4CCCCC4)c3)o2)C1. The van der Waals surface area contributed by atoms with Crippen molar-refractivity contribution in [2.24, 2.45) is 10.8 Å². The Kier molecular flexibility index (Phi) is 6.51. The molecule has 0 spiro atoms. The molecule has 190 valence electrons. The molecule has 3 aliphatic rings. The van der Waals surface area contributed by atoms with E-state index in [-0.39, 0.29) is 33.3 Å². The Morgan fingerprint density at radius 3 is 2.69 bits per heavy atom. The highest BCUT2D eigenvalue weighted by Gasteiger charge is 2.50. The molecule has 1 aromatic carbocycles. The zero-order valence-corrected chi connectivity index (χ0v) is 22.3. The lowest BCUT2D eigenvalue weighted by Crippen LogP contribution is -2.38. The molecule has 0 N–H and O–H groups in total. The minimum atomic E-state index is -3.55. The highest BCUT2D eigenvalue weighted by Crippen LogP contribution is 2.52. The summed E-state index contributed by atoms with van der Waals surface area (Å²) in [5.74, 6) is 0.607. The summed E-state index contributed by atoms with van der Waals surface area (Å²) < 4.78 is 33.4. The van der Waals surface area contributed by atoms with E-state index in [4.69, 9.17) is 4.42 Å². The summed E-state index contributed by atoms with van der Waals surface area (Å²) in [5, 5.41) is 8.51. The molecule has 0 radical (unpaired) electrons. The average molecular weight is 519 g/mol. The monoisotopic (exact) mass is 518 g/mol. The number of nitrogens with zero attached hydrogens (tertiary/aromatic N) is 4. The minimum absolute atomic E-state index is 0.107. The summed E-state index contributed by atoms with van der Waals surface area (Å²) in [6.45, 7) is 8.81. The van der Waals surface area contributed by atoms with E-state index < -0.39 is 10.0 Å². The zero-order valence-electron chi connectivity index (χ0n) is 20.7. The molecule has 2 bridgehead atoms. The summed E-state index contributed by atoms with van der Waals surface area (Å²) >= 11 is 1.24. The van der Waals surface area contributed by atoms with Crippen molar-refractivity contribution in [3.8, 4) is 11.5 Å². The summed E-state index contributed by atoms with van der Waals surface area (Å²) in [6.07, 6.45) is 6.10. The number of carbonyl (C=O) groups is 1. The van der Waals surface area contributed by atoms with E-state index in [0.29, 0.717) is 29.9 Å². The summed E-state index contributed by atoms with van der Waals surface area (Å²) in [6, 6.07) is 6.95. The van der Waals surface area contributed by atoms with Gasteiger partial charge in [0.05, 0.1) is 10.6 Å². The van der Waals surface area contributed by atoms with Crippen LogP contribution >= 0.6 is 11.8 Å². The van der Waals surface area contributed by atoms with Crippen molar-refractivity contribution in [2.75, 3.05) is 25.4 Å². The van der Waals surface area contributed by atoms with Gasteiger partial charge in [-0.1, -0.05) is 45.0 Å². The topological polar surface area (TPSA) is 96.6 Å². The molecule has 3 heterocycles. The Balaban J connectivity index is 1.24. The Labute approximate surface area is 211 Å². The van der Waals surface area contributed by atoms with Crippen LogP contribution in [0.15, 0.2) is 38.8 Å². The highest BCUT2D eigenvalue weighted by atomic mass is 32.2. The van der Waals surface area contributed by atoms with E-state index in [1.54, 1.807) is 28.6 Å². The molecule has 1 aromatic heterocycles. The number of aromatic nitrogens is 2. The second-order valence-corrected chi connectivity index (χ2v) is 14.3. The van der Waals surface area contributed by atoms with Crippen LogP contribution in [-0.2, 0) is 14.8 Å². The second-order valence-electron chi connectivity index (χ2n) is 11.4. The molecule has 35 heavy (non-hydrogen) atoms. The van der Waals surface area contributed by atoms with Crippen molar-refractivity contribution in [3.05, 3.63) is 24.3 Å². The minimum Gasteiger partial charge on any atom is -0.411 e. The fourth-order valence-corrected chi connectivity index (χ4v) is 8.60. The first kappa shape index (κ1) is 24.8. The highest BCUT2D eigenvalue weighted by molar-refractivity contribution is 7.99. The third-order valence-corrected chi connectivity index (χ3v) is 10.2. The van der Waals surface area contributed by atoms with Crippen LogP contribution in [0.25, 0.3) is 11.5 Å². The molecule has 1 saturated carbocycles. The molecular weight excluding hydrogens is 484 g/mol. The third kappa shape index (κ3) is 5.15. The number of amides is 1. The average Bonchev–Trinajstić information content (AvgIpc) is 3.39. The van der Waals surface area contributed by atoms with Gasteiger partial charge in [0.15, 0.2) is 0 Å². The van der Waals surface area contributed by atoms with Gasteiger partial charge in [-0.25, -0.2) is 8.42 Å². The molecule has 3 fully saturated rings. The van der Waals surface area contributed by atoms with Crippen molar-refractivity contribution in [1.29, 1.82) is 0 Å². The van der Waals surface area contributed by atoms with Crippen molar-refractivity contribution in [3.63, 3.8) is 0 Å². The lowest BCUT2D eigenvalue weighted by Gasteiger charge is -2.39. The van der Waals surface area contributed by atoms with Crippen molar-refractivity contribution >= 4 is 27.7 Å². The Morgan fingerprint density at radius 2 is 1.91 bits per heavy atom. The van der Waals surface area contributed by atoms with Gasteiger partial charge in [0.2, 0.25) is 21.8 Å². The molecule has 2 aliphatic heterocycles. The van der Waals surface area contributed by atoms with Crippen LogP contribution in [0.2, 0.25) is 0 Å². The first-order chi connectivity index (χ1) is 16.5. The van der Waals surface area contributed by atoms with Crippen LogP contribution < -0.4 is 0 Å². The predicted molar refractivity (Wildman–Crippen MR) is 134 cm³/mol. The Bertz CT molecular complexity index is 1210. The Morgan fingerprint density at radius 1 is 1.14 bits per heavy atom. The molecular formula is C25H34N4O4S2. The number of piperidine rings is 1. The summed E-state index contributed by atoms with van der Waals surface area (Å²) in [5.41, 5.74) is 1.01. The first-order valence-corrected chi connectivity index (χ1v) is 14.8. The lowest BCUT2D eigenvalue weighted by molar-refractivity contribution is -0.129. The van der Waals surface area contributed by atoms with Gasteiger partial charge in [-0.3, -0.25) is 4.79 Å². The smallest absolute Gasteiger partial charge is 0.277 e. The van der Waals surface area contributed by atoms with Gasteiger partial charge < -0.3 is 9.32 Å². The first-order valence-electron chi connectivity index (χ1n) is 12.4. The van der Waals surface area contributed by atoms with E-state index in [1.165, 1.54) is 11.8 Å². The number of rotatable bonds is 6. The molecule has 1 amide bonds. The van der Waals surface area contributed by atoms with Crippen molar-refractivity contribution in [1.82, 2.24) is 19.4 Å². The largest absolute Gasteiger partial charge is 0.411 e. The van der Waals surface area contributed by atoms with Crippen LogP contribution in [0, 0.1) is 10.8 Å². The van der Waals surface area contributed by atoms with Crippen LogP contribution in [0.1, 0.15) is 59.3 Å². The predicted octanol–water partition coefficient (Wildman–Crippen LogP) is 4.43. The van der Waals surface area contributed by atoms with Gasteiger partial charge in [0.1, 0.15) is 0 Å². The third-order valence-electron chi connectivity index (χ3n) is 7.49. The van der Waals surface area contributed by atoms with E-state index in [0.717, 1.165) is 45.1 Å². The maximum absolute atomic E-state index is 13.0. The number of benzene rings is 1. The maximum atomic E-state index is 13.0. The molecule has 2 unspecified atom stereocenters. The van der Waals surface area contributed by atoms with Crippen LogP contribution in [0.3, 0.4) is 0 Å². The van der Waals surface area contributed by atoms with E-state index >= 15 is 0 Å². The van der Waals surface area contributed by atoms with Gasteiger partial charge >= 0.3 is 0 Å². The molecule has 10 heteroatoms. The fraction of sp³-hybridized carbons (Fsp3) is 0.640. The van der Waals surface area contributed by atoms with Gasteiger partial charge in [-0.15, -0.1) is 10.2 Å². The molecule has 8 nitrogen and oxygen atoms in total. The van der Waals surface area contributed by atoms with Crippen molar-refractivity contribution < 1.29 is 17.6 Å². The number of hydrogen-bond acceptors (Lipinski definition) is 7. The summed E-state index contributed by atoms with van der Waals surface area (Å²) in [4.78, 5) is 15.3. The molecule has 5 rings (SSSR count). The molecule has 2 saturated heterocycles. The fourth-order valence-electron chi connectivity index (χ4n) is 6.39. The molecule has 1 aliphatic carbocycles. The Hall–Kier alpha value is -1.91. The van der Waals surface area contributed by atoms with Crippen molar-refractivity contribution in [2.45, 2.75) is 75.5 Å². The summed E-state index contributed by atoms with van der Waals surface area (Å²) in [7, 11) is -3.55. The quantitative estimate of drug-likeness (QED) is 0.522. The van der Waals surface area contributed by atoms with E-state index in [2.05, 4.69) is 31.0 Å². The number of hydrogen-bond donors (Lipinski definition) is 0. The van der Waals surface area contributed by atoms with E-state index in [9.17, 15) is 13.2 Å². The van der Waals surface area contributed by atoms with Crippen LogP contribution in [0.4, 0.5) is 0 Å². The number of fused-ring (bicyclic) bond motifs is 2. The number of likely N-dealkylation sites (tertiary alicyclic amines) is 1. The number of carbonyl (C=O) groups excluding carboxylic acids is 1. The molecule has 2 aromatic rings. The maximum Gasteiger partial charge on any atom is 0.277 e. The zero-order chi connectivity index (χ0) is 24.8. The van der Waals surface area contributed by atoms with E-state index in [1.807, 2.05) is 4.90 Å². The lowest BCUT2D eigenvalue weighted by atomic mass is 9.65.